The molecule has 0 aromatic heterocycles. The van der Waals surface area contributed by atoms with Crippen LogP contribution < -0.4 is 9.62 Å². The van der Waals surface area contributed by atoms with E-state index in [1.54, 1.807) is 4.90 Å². The summed E-state index contributed by atoms with van der Waals surface area (Å²) in [4.78, 5) is 16.4. The lowest BCUT2D eigenvalue weighted by atomic mass is 10.2. The Morgan fingerprint density at radius 2 is 1.69 bits per heavy atom. The molecule has 1 amide bonds. The lowest BCUT2D eigenvalue weighted by Gasteiger charge is -2.36. The van der Waals surface area contributed by atoms with Gasteiger partial charge in [0.15, 0.2) is 0 Å². The van der Waals surface area contributed by atoms with Crippen molar-refractivity contribution in [2.45, 2.75) is 17.7 Å². The van der Waals surface area contributed by atoms with Gasteiger partial charge in [-0.2, -0.15) is 0 Å². The summed E-state index contributed by atoms with van der Waals surface area (Å²) in [6, 6.07) is 12.2. The average molecular weight is 440 g/mol. The lowest BCUT2D eigenvalue weighted by molar-refractivity contribution is -0.131. The van der Waals surface area contributed by atoms with Crippen molar-refractivity contribution in [1.82, 2.24) is 9.62 Å². The van der Waals surface area contributed by atoms with Gasteiger partial charge >= 0.3 is 0 Å². The minimum atomic E-state index is -3.70. The number of nitrogens with one attached hydrogen (secondary N) is 1. The number of anilines is 1. The molecular formula is C20H23ClFN3O3S. The number of para-hydroxylation sites is 1. The monoisotopic (exact) mass is 439 g/mol. The van der Waals surface area contributed by atoms with Crippen molar-refractivity contribution in [3.63, 3.8) is 0 Å². The molecule has 0 saturated carbocycles. The molecule has 2 aromatic rings. The first-order valence-corrected chi connectivity index (χ1v) is 11.3. The number of sulfonamides is 1. The summed E-state index contributed by atoms with van der Waals surface area (Å²) in [5.74, 6) is -0.492. The van der Waals surface area contributed by atoms with E-state index >= 15 is 0 Å². The number of carbonyl (C=O) groups excluding carboxylic acids is 1. The Hall–Kier alpha value is -2.16. The SMILES string of the molecule is O=C(CCCNS(=O)(=O)c1ccc(F)cc1)N1CCN(c2ccccc2Cl)CC1. The van der Waals surface area contributed by atoms with Gasteiger partial charge in [-0.15, -0.1) is 0 Å². The van der Waals surface area contributed by atoms with Gasteiger partial charge in [0.25, 0.3) is 0 Å². The fraction of sp³-hybridized carbons (Fsp3) is 0.350. The molecule has 6 nitrogen and oxygen atoms in total. The van der Waals surface area contributed by atoms with Gasteiger partial charge in [0.1, 0.15) is 5.82 Å². The Kier molecular flexibility index (Phi) is 7.10. The van der Waals surface area contributed by atoms with Gasteiger partial charge in [-0.3, -0.25) is 4.79 Å². The zero-order valence-corrected chi connectivity index (χ0v) is 17.4. The predicted octanol–water partition coefficient (Wildman–Crippen LogP) is 2.89. The molecule has 1 aliphatic heterocycles. The van der Waals surface area contributed by atoms with Crippen molar-refractivity contribution in [3.05, 3.63) is 59.4 Å². The van der Waals surface area contributed by atoms with Gasteiger partial charge in [0.05, 0.1) is 15.6 Å². The molecule has 9 heteroatoms. The van der Waals surface area contributed by atoms with Crippen LogP contribution in [0.15, 0.2) is 53.4 Å². The second-order valence-electron chi connectivity index (χ2n) is 6.77. The average Bonchev–Trinajstić information content (AvgIpc) is 2.72. The Morgan fingerprint density at radius 3 is 2.34 bits per heavy atom. The molecule has 1 N–H and O–H groups in total. The highest BCUT2D eigenvalue weighted by molar-refractivity contribution is 7.89. The molecule has 29 heavy (non-hydrogen) atoms. The molecule has 1 fully saturated rings. The third-order valence-corrected chi connectivity index (χ3v) is 6.61. The van der Waals surface area contributed by atoms with E-state index in [2.05, 4.69) is 9.62 Å². The number of rotatable bonds is 7. The molecule has 1 saturated heterocycles. The molecule has 2 aromatic carbocycles. The van der Waals surface area contributed by atoms with Gasteiger partial charge in [0.2, 0.25) is 15.9 Å². The molecule has 0 aliphatic carbocycles. The zero-order valence-electron chi connectivity index (χ0n) is 15.9. The van der Waals surface area contributed by atoms with Crippen LogP contribution in [0.3, 0.4) is 0 Å². The van der Waals surface area contributed by atoms with Crippen LogP contribution >= 0.6 is 11.6 Å². The Morgan fingerprint density at radius 1 is 1.03 bits per heavy atom. The molecule has 0 unspecified atom stereocenters. The van der Waals surface area contributed by atoms with E-state index in [1.165, 1.54) is 12.1 Å². The van der Waals surface area contributed by atoms with Crippen LogP contribution in [-0.4, -0.2) is 51.9 Å². The van der Waals surface area contributed by atoms with Crippen LogP contribution in [0.2, 0.25) is 5.02 Å². The summed E-state index contributed by atoms with van der Waals surface area (Å²) in [6.45, 7) is 2.75. The second-order valence-corrected chi connectivity index (χ2v) is 8.95. The highest BCUT2D eigenvalue weighted by Crippen LogP contribution is 2.26. The first-order valence-electron chi connectivity index (χ1n) is 9.39. The van der Waals surface area contributed by atoms with Crippen molar-refractivity contribution >= 4 is 33.2 Å². The quantitative estimate of drug-likeness (QED) is 0.673. The normalized spacial score (nSPS) is 14.8. The van der Waals surface area contributed by atoms with E-state index in [0.717, 1.165) is 17.8 Å². The summed E-state index contributed by atoms with van der Waals surface area (Å²) in [5, 5.41) is 0.695. The van der Waals surface area contributed by atoms with Gasteiger partial charge in [-0.25, -0.2) is 17.5 Å². The summed E-state index contributed by atoms with van der Waals surface area (Å²) in [6.07, 6.45) is 0.655. The maximum Gasteiger partial charge on any atom is 0.240 e. The number of benzene rings is 2. The minimum Gasteiger partial charge on any atom is -0.367 e. The third-order valence-electron chi connectivity index (χ3n) is 4.81. The summed E-state index contributed by atoms with van der Waals surface area (Å²) < 4.78 is 39.7. The molecule has 1 heterocycles. The van der Waals surface area contributed by atoms with E-state index in [4.69, 9.17) is 11.6 Å². The smallest absolute Gasteiger partial charge is 0.240 e. The molecule has 0 atom stereocenters. The standard InChI is InChI=1S/C20H23ClFN3O3S/c21-18-4-1-2-5-19(18)24-12-14-25(15-13-24)20(26)6-3-11-23-29(27,28)17-9-7-16(22)8-10-17/h1-2,4-5,7-10,23H,3,6,11-15H2. The largest absolute Gasteiger partial charge is 0.367 e. The Bertz CT molecular complexity index is 946. The van der Waals surface area contributed by atoms with E-state index < -0.39 is 15.8 Å². The van der Waals surface area contributed by atoms with Gasteiger partial charge < -0.3 is 9.80 Å². The second kappa shape index (κ2) is 9.56. The van der Waals surface area contributed by atoms with Crippen LogP contribution in [0.25, 0.3) is 0 Å². The number of hydrogen-bond donors (Lipinski definition) is 1. The lowest BCUT2D eigenvalue weighted by Crippen LogP contribution is -2.49. The summed E-state index contributed by atoms with van der Waals surface area (Å²) in [7, 11) is -3.70. The van der Waals surface area contributed by atoms with Crippen molar-refractivity contribution in [1.29, 1.82) is 0 Å². The van der Waals surface area contributed by atoms with Crippen LogP contribution in [0, 0.1) is 5.82 Å². The maximum atomic E-state index is 12.9. The fourth-order valence-corrected chi connectivity index (χ4v) is 4.54. The van der Waals surface area contributed by atoms with Crippen molar-refractivity contribution < 1.29 is 17.6 Å². The van der Waals surface area contributed by atoms with Gasteiger partial charge in [0, 0.05) is 39.1 Å². The van der Waals surface area contributed by atoms with Crippen LogP contribution in [0.4, 0.5) is 10.1 Å². The number of halogens is 2. The van der Waals surface area contributed by atoms with Gasteiger partial charge in [-0.1, -0.05) is 23.7 Å². The van der Waals surface area contributed by atoms with Crippen LogP contribution in [0.5, 0.6) is 0 Å². The van der Waals surface area contributed by atoms with Crippen LogP contribution in [-0.2, 0) is 14.8 Å². The molecular weight excluding hydrogens is 417 g/mol. The number of piperazine rings is 1. The number of hydrogen-bond acceptors (Lipinski definition) is 4. The topological polar surface area (TPSA) is 69.7 Å². The van der Waals surface area contributed by atoms with Gasteiger partial charge in [-0.05, 0) is 42.8 Å². The molecule has 1 aliphatic rings. The molecule has 3 rings (SSSR count). The zero-order chi connectivity index (χ0) is 20.9. The van der Waals surface area contributed by atoms with Crippen molar-refractivity contribution in [2.24, 2.45) is 0 Å². The fourth-order valence-electron chi connectivity index (χ4n) is 3.21. The molecule has 0 bridgehead atoms. The Balaban J connectivity index is 1.41. The van der Waals surface area contributed by atoms with Crippen molar-refractivity contribution in [3.8, 4) is 0 Å². The van der Waals surface area contributed by atoms with E-state index in [-0.39, 0.29) is 23.8 Å². The Labute approximate surface area is 175 Å². The van der Waals surface area contributed by atoms with E-state index in [0.29, 0.717) is 37.6 Å². The first-order chi connectivity index (χ1) is 13.9. The minimum absolute atomic E-state index is 0.000853. The molecule has 156 valence electrons. The third kappa shape index (κ3) is 5.68. The summed E-state index contributed by atoms with van der Waals surface area (Å²) >= 11 is 6.23. The number of nitrogens with zero attached hydrogens (tertiary/aromatic N) is 2. The highest BCUT2D eigenvalue weighted by Gasteiger charge is 2.22. The van der Waals surface area contributed by atoms with E-state index in [9.17, 15) is 17.6 Å². The molecule has 0 radical (unpaired) electrons. The van der Waals surface area contributed by atoms with Crippen LogP contribution in [0.1, 0.15) is 12.8 Å². The number of amides is 1. The predicted molar refractivity (Wildman–Crippen MR) is 111 cm³/mol. The molecule has 0 spiro atoms. The summed E-state index contributed by atoms with van der Waals surface area (Å²) in [5.41, 5.74) is 0.969. The highest BCUT2D eigenvalue weighted by atomic mass is 35.5. The first kappa shape index (κ1) is 21.5. The van der Waals surface area contributed by atoms with E-state index in [1.807, 2.05) is 24.3 Å². The maximum absolute atomic E-state index is 12.9. The van der Waals surface area contributed by atoms with Crippen molar-refractivity contribution in [2.75, 3.05) is 37.6 Å². The number of carbonyl (C=O) groups is 1.